The maximum Gasteiger partial charge on any atom is 0.258 e. The highest BCUT2D eigenvalue weighted by molar-refractivity contribution is 6.04. The number of hydrogen-bond donors (Lipinski definition) is 2. The van der Waals surface area contributed by atoms with Crippen molar-refractivity contribution in [3.8, 4) is 23.0 Å². The lowest BCUT2D eigenvalue weighted by molar-refractivity contribution is -0.123. The van der Waals surface area contributed by atoms with E-state index in [2.05, 4.69) is 15.6 Å². The van der Waals surface area contributed by atoms with Gasteiger partial charge in [0.05, 0.1) is 12.8 Å². The first kappa shape index (κ1) is 22.9. The molecule has 1 heterocycles. The highest BCUT2D eigenvalue weighted by Crippen LogP contribution is 2.29. The summed E-state index contributed by atoms with van der Waals surface area (Å²) in [6, 6.07) is 12.1. The number of carbonyl (C=O) groups excluding carboxylic acids is 2. The van der Waals surface area contributed by atoms with E-state index in [1.54, 1.807) is 30.3 Å². The lowest BCUT2D eigenvalue weighted by Gasteiger charge is -2.13. The van der Waals surface area contributed by atoms with E-state index >= 15 is 0 Å². The van der Waals surface area contributed by atoms with Crippen molar-refractivity contribution >= 4 is 17.5 Å². The van der Waals surface area contributed by atoms with Crippen LogP contribution in [0.25, 0.3) is 11.5 Å². The molecule has 32 heavy (non-hydrogen) atoms. The molecule has 8 nitrogen and oxygen atoms in total. The minimum atomic E-state index is -0.315. The molecule has 2 N–H and O–H groups in total. The molecule has 0 spiro atoms. The number of aryl methyl sites for hydroxylation is 2. The van der Waals surface area contributed by atoms with Gasteiger partial charge in [0.15, 0.2) is 18.1 Å². The molecule has 0 saturated carbocycles. The maximum absolute atomic E-state index is 12.8. The molecule has 0 bridgehead atoms. The van der Waals surface area contributed by atoms with Gasteiger partial charge in [-0.1, -0.05) is 6.07 Å². The van der Waals surface area contributed by atoms with Crippen LogP contribution < -0.4 is 20.1 Å². The molecule has 3 rings (SSSR count). The van der Waals surface area contributed by atoms with E-state index in [4.69, 9.17) is 13.9 Å². The highest BCUT2D eigenvalue weighted by atomic mass is 16.5. The zero-order chi connectivity index (χ0) is 23.3. The molecule has 0 aliphatic heterocycles. The van der Waals surface area contributed by atoms with Gasteiger partial charge >= 0.3 is 0 Å². The summed E-state index contributed by atoms with van der Waals surface area (Å²) in [4.78, 5) is 29.0. The van der Waals surface area contributed by atoms with E-state index in [0.717, 1.165) is 17.0 Å². The molecule has 3 aromatic rings. The SMILES string of the molecule is COc1cc(C(=O)Nc2cccc(-c3nc(C)c(C)o3)c2)ccc1OCC(=O)NC(C)C. The Balaban J connectivity index is 1.71. The Labute approximate surface area is 186 Å². The predicted octanol–water partition coefficient (Wildman–Crippen LogP) is 4.12. The standard InChI is InChI=1S/C24H27N3O5/c1-14(2)25-22(28)13-31-20-10-9-17(12-21(20)30-5)23(29)27-19-8-6-7-18(11-19)24-26-15(3)16(4)32-24/h6-12,14H,13H2,1-5H3,(H,25,28)(H,27,29). The quantitative estimate of drug-likeness (QED) is 0.550. The van der Waals surface area contributed by atoms with Crippen LogP contribution in [0.1, 0.15) is 35.7 Å². The molecule has 2 aromatic carbocycles. The van der Waals surface area contributed by atoms with Crippen molar-refractivity contribution in [3.63, 3.8) is 0 Å². The number of benzene rings is 2. The molecule has 168 valence electrons. The number of ether oxygens (including phenoxy) is 2. The van der Waals surface area contributed by atoms with Gasteiger partial charge < -0.3 is 24.5 Å². The second-order valence-electron chi connectivity index (χ2n) is 7.57. The van der Waals surface area contributed by atoms with Gasteiger partial charge in [0.2, 0.25) is 5.89 Å². The predicted molar refractivity (Wildman–Crippen MR) is 121 cm³/mol. The monoisotopic (exact) mass is 437 g/mol. The van der Waals surface area contributed by atoms with Crippen LogP contribution in [0.4, 0.5) is 5.69 Å². The van der Waals surface area contributed by atoms with Crippen LogP contribution >= 0.6 is 0 Å². The summed E-state index contributed by atoms with van der Waals surface area (Å²) in [7, 11) is 1.47. The van der Waals surface area contributed by atoms with E-state index in [0.29, 0.717) is 28.6 Å². The molecule has 0 radical (unpaired) electrons. The van der Waals surface area contributed by atoms with Gasteiger partial charge in [0.25, 0.3) is 11.8 Å². The topological polar surface area (TPSA) is 103 Å². The smallest absolute Gasteiger partial charge is 0.258 e. The number of carbonyl (C=O) groups is 2. The second-order valence-corrected chi connectivity index (χ2v) is 7.57. The summed E-state index contributed by atoms with van der Waals surface area (Å²) in [6.45, 7) is 7.33. The van der Waals surface area contributed by atoms with E-state index in [1.165, 1.54) is 7.11 Å². The third-order valence-corrected chi connectivity index (χ3v) is 4.63. The minimum Gasteiger partial charge on any atom is -0.493 e. The summed E-state index contributed by atoms with van der Waals surface area (Å²) in [6.07, 6.45) is 0. The van der Waals surface area contributed by atoms with Crippen LogP contribution in [-0.2, 0) is 4.79 Å². The van der Waals surface area contributed by atoms with Crippen molar-refractivity contribution in [2.24, 2.45) is 0 Å². The minimum absolute atomic E-state index is 0.0224. The fourth-order valence-corrected chi connectivity index (χ4v) is 2.96. The average molecular weight is 437 g/mol. The molecular formula is C24H27N3O5. The molecule has 0 aliphatic carbocycles. The van der Waals surface area contributed by atoms with Crippen molar-refractivity contribution in [3.05, 3.63) is 59.5 Å². The normalized spacial score (nSPS) is 10.7. The van der Waals surface area contributed by atoms with Crippen molar-refractivity contribution in [1.29, 1.82) is 0 Å². The Hall–Kier alpha value is -3.81. The van der Waals surface area contributed by atoms with E-state index < -0.39 is 0 Å². The van der Waals surface area contributed by atoms with Crippen LogP contribution in [0.3, 0.4) is 0 Å². The average Bonchev–Trinajstić information content (AvgIpc) is 3.10. The molecule has 0 unspecified atom stereocenters. The fraction of sp³-hybridized carbons (Fsp3) is 0.292. The number of amides is 2. The Bertz CT molecular complexity index is 1100. The largest absolute Gasteiger partial charge is 0.493 e. The summed E-state index contributed by atoms with van der Waals surface area (Å²) in [5.74, 6) is 1.44. The zero-order valence-electron chi connectivity index (χ0n) is 18.8. The van der Waals surface area contributed by atoms with Crippen LogP contribution in [0.5, 0.6) is 11.5 Å². The maximum atomic E-state index is 12.8. The second kappa shape index (κ2) is 10.00. The number of anilines is 1. The van der Waals surface area contributed by atoms with Crippen LogP contribution in [0.15, 0.2) is 46.9 Å². The molecule has 2 amide bonds. The number of oxazole rings is 1. The van der Waals surface area contributed by atoms with Crippen molar-refractivity contribution < 1.29 is 23.5 Å². The summed E-state index contributed by atoms with van der Waals surface area (Å²) in [5, 5.41) is 5.61. The zero-order valence-corrected chi connectivity index (χ0v) is 18.8. The number of nitrogens with zero attached hydrogens (tertiary/aromatic N) is 1. The van der Waals surface area contributed by atoms with Crippen molar-refractivity contribution in [1.82, 2.24) is 10.3 Å². The molecule has 0 atom stereocenters. The van der Waals surface area contributed by atoms with Gasteiger partial charge in [-0.15, -0.1) is 0 Å². The number of rotatable bonds is 8. The van der Waals surface area contributed by atoms with Gasteiger partial charge in [0.1, 0.15) is 5.76 Å². The fourth-order valence-electron chi connectivity index (χ4n) is 2.96. The highest BCUT2D eigenvalue weighted by Gasteiger charge is 2.14. The Morgan fingerprint density at radius 3 is 2.53 bits per heavy atom. The Morgan fingerprint density at radius 1 is 1.09 bits per heavy atom. The van der Waals surface area contributed by atoms with Gasteiger partial charge in [-0.05, 0) is 64.1 Å². The number of hydrogen-bond acceptors (Lipinski definition) is 6. The lowest BCUT2D eigenvalue weighted by atomic mass is 10.1. The molecule has 0 saturated heterocycles. The molecule has 1 aromatic heterocycles. The molecular weight excluding hydrogens is 410 g/mol. The van der Waals surface area contributed by atoms with Gasteiger partial charge in [-0.25, -0.2) is 4.98 Å². The molecule has 0 aliphatic rings. The van der Waals surface area contributed by atoms with Crippen LogP contribution in [0.2, 0.25) is 0 Å². The van der Waals surface area contributed by atoms with Gasteiger partial charge in [0, 0.05) is 22.9 Å². The lowest BCUT2D eigenvalue weighted by Crippen LogP contribution is -2.34. The van der Waals surface area contributed by atoms with Crippen molar-refractivity contribution in [2.75, 3.05) is 19.0 Å². The molecule has 0 fully saturated rings. The van der Waals surface area contributed by atoms with E-state index in [-0.39, 0.29) is 24.5 Å². The van der Waals surface area contributed by atoms with Crippen LogP contribution in [0, 0.1) is 13.8 Å². The van der Waals surface area contributed by atoms with Gasteiger partial charge in [-0.2, -0.15) is 0 Å². The number of aromatic nitrogens is 1. The molecule has 8 heteroatoms. The summed E-state index contributed by atoms with van der Waals surface area (Å²) < 4.78 is 16.5. The number of methoxy groups -OCH3 is 1. The van der Waals surface area contributed by atoms with Crippen molar-refractivity contribution in [2.45, 2.75) is 33.7 Å². The summed E-state index contributed by atoms with van der Waals surface area (Å²) >= 11 is 0. The van der Waals surface area contributed by atoms with E-state index in [1.807, 2.05) is 39.8 Å². The third-order valence-electron chi connectivity index (χ3n) is 4.63. The summed E-state index contributed by atoms with van der Waals surface area (Å²) in [5.41, 5.74) is 2.57. The van der Waals surface area contributed by atoms with E-state index in [9.17, 15) is 9.59 Å². The first-order chi connectivity index (χ1) is 15.3. The first-order valence-electron chi connectivity index (χ1n) is 10.2. The van der Waals surface area contributed by atoms with Gasteiger partial charge in [-0.3, -0.25) is 9.59 Å². The Kier molecular flexibility index (Phi) is 7.14. The first-order valence-corrected chi connectivity index (χ1v) is 10.2. The number of nitrogens with one attached hydrogen (secondary N) is 2. The Morgan fingerprint density at radius 2 is 1.88 bits per heavy atom. The third kappa shape index (κ3) is 5.66. The van der Waals surface area contributed by atoms with Crippen LogP contribution in [-0.4, -0.2) is 36.6 Å².